The lowest BCUT2D eigenvalue weighted by molar-refractivity contribution is -0.138. The molecule has 0 saturated carbocycles. The summed E-state index contributed by atoms with van der Waals surface area (Å²) in [5.74, 6) is -1.81. The van der Waals surface area contributed by atoms with E-state index in [1.165, 1.54) is 4.90 Å². The number of benzene rings is 2. The van der Waals surface area contributed by atoms with Crippen molar-refractivity contribution in [2.45, 2.75) is 20.3 Å². The lowest BCUT2D eigenvalue weighted by atomic mass is 10.0. The fourth-order valence-electron chi connectivity index (χ4n) is 3.25. The van der Waals surface area contributed by atoms with Gasteiger partial charge in [0.05, 0.1) is 24.2 Å². The second kappa shape index (κ2) is 8.56. The predicted molar refractivity (Wildman–Crippen MR) is 109 cm³/mol. The fraction of sp³-hybridized carbons (Fsp3) is 0.174. The predicted octanol–water partition coefficient (Wildman–Crippen LogP) is 3.58. The largest absolute Gasteiger partial charge is 0.481 e. The van der Waals surface area contributed by atoms with Gasteiger partial charge in [-0.1, -0.05) is 42.5 Å². The summed E-state index contributed by atoms with van der Waals surface area (Å²) in [6.07, 6.45) is 1.58. The summed E-state index contributed by atoms with van der Waals surface area (Å²) >= 11 is 0. The third kappa shape index (κ3) is 4.27. The summed E-state index contributed by atoms with van der Waals surface area (Å²) in [6.45, 7) is 3.61. The van der Waals surface area contributed by atoms with Crippen molar-refractivity contribution in [2.75, 3.05) is 11.5 Å². The van der Waals surface area contributed by atoms with E-state index in [0.717, 1.165) is 5.56 Å². The van der Waals surface area contributed by atoms with Gasteiger partial charge >= 0.3 is 11.9 Å². The molecule has 1 N–H and O–H groups in total. The Morgan fingerprint density at radius 3 is 2.31 bits per heavy atom. The molecule has 3 rings (SSSR count). The maximum absolute atomic E-state index is 13.2. The minimum atomic E-state index is -0.927. The van der Waals surface area contributed by atoms with Gasteiger partial charge in [0.15, 0.2) is 0 Å². The van der Waals surface area contributed by atoms with Crippen LogP contribution in [-0.2, 0) is 25.5 Å². The van der Waals surface area contributed by atoms with Crippen LogP contribution in [0.3, 0.4) is 0 Å². The van der Waals surface area contributed by atoms with E-state index in [4.69, 9.17) is 9.84 Å². The van der Waals surface area contributed by atoms with Crippen molar-refractivity contribution in [3.05, 3.63) is 82.6 Å². The average molecular weight is 391 g/mol. The molecule has 29 heavy (non-hydrogen) atoms. The summed E-state index contributed by atoms with van der Waals surface area (Å²) in [6, 6.07) is 15.9. The molecule has 0 saturated heterocycles. The van der Waals surface area contributed by atoms with Crippen molar-refractivity contribution in [3.8, 4) is 0 Å². The molecule has 6 nitrogen and oxygen atoms in total. The number of ether oxygens (including phenoxy) is 1. The second-order valence-electron chi connectivity index (χ2n) is 6.53. The smallest absolute Gasteiger partial charge is 0.340 e. The Bertz CT molecular complexity index is 1000. The number of anilines is 1. The van der Waals surface area contributed by atoms with Crippen LogP contribution in [0.25, 0.3) is 6.08 Å². The second-order valence-corrected chi connectivity index (χ2v) is 6.53. The molecule has 2 aromatic rings. The summed E-state index contributed by atoms with van der Waals surface area (Å²) in [5, 5.41) is 8.92. The lowest BCUT2D eigenvalue weighted by Gasteiger charge is -2.18. The number of hydrogen-bond donors (Lipinski definition) is 1. The number of esters is 1. The number of carboxylic acids is 1. The Morgan fingerprint density at radius 1 is 1.07 bits per heavy atom. The Morgan fingerprint density at radius 2 is 1.72 bits per heavy atom. The molecule has 0 fully saturated rings. The molecule has 1 aliphatic heterocycles. The zero-order valence-corrected chi connectivity index (χ0v) is 16.2. The number of aliphatic carboxylic acids is 1. The topological polar surface area (TPSA) is 83.9 Å². The zero-order chi connectivity index (χ0) is 21.0. The van der Waals surface area contributed by atoms with E-state index in [9.17, 15) is 14.4 Å². The molecule has 0 atom stereocenters. The minimum Gasteiger partial charge on any atom is -0.481 e. The van der Waals surface area contributed by atoms with Crippen molar-refractivity contribution in [1.29, 1.82) is 0 Å². The molecule has 1 amide bonds. The van der Waals surface area contributed by atoms with Crippen LogP contribution < -0.4 is 4.90 Å². The normalized spacial score (nSPS) is 15.2. The van der Waals surface area contributed by atoms with Crippen LogP contribution in [0.15, 0.2) is 71.4 Å². The van der Waals surface area contributed by atoms with Crippen molar-refractivity contribution in [2.24, 2.45) is 0 Å². The van der Waals surface area contributed by atoms with Gasteiger partial charge in [0.25, 0.3) is 5.91 Å². The fourth-order valence-corrected chi connectivity index (χ4v) is 3.25. The number of nitrogens with zero attached hydrogens (tertiary/aromatic N) is 1. The molecule has 0 unspecified atom stereocenters. The quantitative estimate of drug-likeness (QED) is 0.601. The Kier molecular flexibility index (Phi) is 5.93. The summed E-state index contributed by atoms with van der Waals surface area (Å²) in [4.78, 5) is 38.1. The number of carboxylic acid groups (broad SMARTS) is 1. The standard InChI is InChI=1S/C23H21NO5/c1-3-29-23(28)21-15(2)24(18-11-9-17(10-12-18)14-20(25)26)22(27)19(21)13-16-7-5-4-6-8-16/h4-13H,3,14H2,1-2H3,(H,25,26)/b19-13-. The van der Waals surface area contributed by atoms with E-state index in [2.05, 4.69) is 0 Å². The van der Waals surface area contributed by atoms with Gasteiger partial charge in [-0.05, 0) is 43.2 Å². The van der Waals surface area contributed by atoms with Crippen LogP contribution in [0.4, 0.5) is 5.69 Å². The Balaban J connectivity index is 2.04. The summed E-state index contributed by atoms with van der Waals surface area (Å²) < 4.78 is 5.18. The third-order valence-electron chi connectivity index (χ3n) is 4.54. The molecule has 2 aromatic carbocycles. The number of carbonyl (C=O) groups is 3. The molecular formula is C23H21NO5. The van der Waals surface area contributed by atoms with E-state index < -0.39 is 11.9 Å². The molecular weight excluding hydrogens is 370 g/mol. The summed E-state index contributed by atoms with van der Waals surface area (Å²) in [7, 11) is 0. The van der Waals surface area contributed by atoms with E-state index >= 15 is 0 Å². The van der Waals surface area contributed by atoms with E-state index in [1.807, 2.05) is 30.3 Å². The van der Waals surface area contributed by atoms with Crippen molar-refractivity contribution in [3.63, 3.8) is 0 Å². The third-order valence-corrected chi connectivity index (χ3v) is 4.54. The number of allylic oxidation sites excluding steroid dienone is 1. The highest BCUT2D eigenvalue weighted by Gasteiger charge is 2.38. The van der Waals surface area contributed by atoms with E-state index in [1.54, 1.807) is 44.2 Å². The highest BCUT2D eigenvalue weighted by atomic mass is 16.5. The first-order valence-corrected chi connectivity index (χ1v) is 9.22. The highest BCUT2D eigenvalue weighted by molar-refractivity contribution is 6.23. The molecule has 0 aliphatic carbocycles. The van der Waals surface area contributed by atoms with E-state index in [0.29, 0.717) is 16.9 Å². The lowest BCUT2D eigenvalue weighted by Crippen LogP contribution is -2.24. The van der Waals surface area contributed by atoms with Crippen molar-refractivity contribution < 1.29 is 24.2 Å². The molecule has 6 heteroatoms. The minimum absolute atomic E-state index is 0.101. The van der Waals surface area contributed by atoms with Gasteiger partial charge in [0.1, 0.15) is 0 Å². The number of carbonyl (C=O) groups excluding carboxylic acids is 2. The van der Waals surface area contributed by atoms with Crippen molar-refractivity contribution >= 4 is 29.6 Å². The van der Waals surface area contributed by atoms with Crippen LogP contribution in [0, 0.1) is 0 Å². The van der Waals surface area contributed by atoms with Crippen LogP contribution >= 0.6 is 0 Å². The van der Waals surface area contributed by atoms with Crippen LogP contribution in [0.1, 0.15) is 25.0 Å². The molecule has 0 spiro atoms. The van der Waals surface area contributed by atoms with Gasteiger partial charge in [-0.25, -0.2) is 4.79 Å². The molecule has 0 radical (unpaired) electrons. The van der Waals surface area contributed by atoms with Crippen LogP contribution in [0.5, 0.6) is 0 Å². The molecule has 0 bridgehead atoms. The van der Waals surface area contributed by atoms with Crippen LogP contribution in [-0.4, -0.2) is 29.6 Å². The molecule has 1 heterocycles. The first-order valence-electron chi connectivity index (χ1n) is 9.22. The maximum atomic E-state index is 13.2. The van der Waals surface area contributed by atoms with Crippen LogP contribution in [0.2, 0.25) is 0 Å². The SMILES string of the molecule is CCOC(=O)C1=C(C)N(c2ccc(CC(=O)O)cc2)C(=O)/C1=C\c1ccccc1. The molecule has 1 aliphatic rings. The van der Waals surface area contributed by atoms with Crippen molar-refractivity contribution in [1.82, 2.24) is 0 Å². The summed E-state index contributed by atoms with van der Waals surface area (Å²) in [5.41, 5.74) is 2.95. The Labute approximate surface area is 168 Å². The van der Waals surface area contributed by atoms with Gasteiger partial charge in [-0.3, -0.25) is 14.5 Å². The number of hydrogen-bond acceptors (Lipinski definition) is 4. The monoisotopic (exact) mass is 391 g/mol. The van der Waals surface area contributed by atoms with E-state index in [-0.39, 0.29) is 30.1 Å². The Hall–Kier alpha value is -3.67. The average Bonchev–Trinajstić information content (AvgIpc) is 2.93. The number of rotatable bonds is 6. The first-order chi connectivity index (χ1) is 13.9. The maximum Gasteiger partial charge on any atom is 0.340 e. The molecule has 148 valence electrons. The first kappa shape index (κ1) is 20.1. The van der Waals surface area contributed by atoms with Gasteiger partial charge < -0.3 is 9.84 Å². The number of amides is 1. The van der Waals surface area contributed by atoms with Gasteiger partial charge in [0, 0.05) is 11.4 Å². The van der Waals surface area contributed by atoms with Gasteiger partial charge in [0.2, 0.25) is 0 Å². The highest BCUT2D eigenvalue weighted by Crippen LogP contribution is 2.35. The van der Waals surface area contributed by atoms with Gasteiger partial charge in [-0.2, -0.15) is 0 Å². The zero-order valence-electron chi connectivity index (χ0n) is 16.2. The molecule has 0 aromatic heterocycles. The van der Waals surface area contributed by atoms with Gasteiger partial charge in [-0.15, -0.1) is 0 Å².